The maximum atomic E-state index is 14.5. The summed E-state index contributed by atoms with van der Waals surface area (Å²) in [5.74, 6) is -6.68. The molecule has 0 aromatic heterocycles. The maximum absolute atomic E-state index is 14.5. The molecule has 5 N–H and O–H groups in total. The lowest BCUT2D eigenvalue weighted by molar-refractivity contribution is -0.143. The number of amides is 3. The number of methoxy groups -OCH3 is 2. The van der Waals surface area contributed by atoms with Crippen LogP contribution in [-0.2, 0) is 24.2 Å². The molecule has 13 nitrogen and oxygen atoms in total. The number of nitrogens with two attached hydrogens (primary N) is 1. The minimum atomic E-state index is -4.00. The summed E-state index contributed by atoms with van der Waals surface area (Å²) in [6.45, 7) is 1.25. The van der Waals surface area contributed by atoms with Gasteiger partial charge in [-0.2, -0.15) is 0 Å². The first-order valence-corrected chi connectivity index (χ1v) is 15.8. The minimum Gasteiger partial charge on any atom is -0.494 e. The highest BCUT2D eigenvalue weighted by Gasteiger charge is 2.46. The van der Waals surface area contributed by atoms with E-state index in [9.17, 15) is 41.5 Å². The van der Waals surface area contributed by atoms with E-state index >= 15 is 0 Å². The number of rotatable bonds is 11. The standard InChI is InChI=1S/C31H32F2N4O9S/c1-4-47(43,44)25-10-7-18(36-31(42)46-3)15-21(25)27-19(30(40)41)11-12-37(27)29(39)26(16-5-8-23(33)24(13-16)45-2)35-17-6-9-22(32)20(14-17)28(34)38/h5-10,13-15,19,26-27,35H,4,11-12H2,1-3H3,(H2,34,38)(H,36,42)(H,40,41)/t19-,26?,27+/m0/s1. The van der Waals surface area contributed by atoms with E-state index in [1.54, 1.807) is 0 Å². The van der Waals surface area contributed by atoms with Crippen LogP contribution < -0.4 is 21.1 Å². The summed E-state index contributed by atoms with van der Waals surface area (Å²) in [7, 11) is -1.66. The molecule has 1 saturated heterocycles. The molecule has 3 amide bonds. The van der Waals surface area contributed by atoms with E-state index in [4.69, 9.17) is 10.5 Å². The Bertz CT molecular complexity index is 1840. The van der Waals surface area contributed by atoms with Gasteiger partial charge in [-0.25, -0.2) is 22.0 Å². The maximum Gasteiger partial charge on any atom is 0.411 e. The topological polar surface area (TPSA) is 194 Å². The van der Waals surface area contributed by atoms with Crippen molar-refractivity contribution in [3.63, 3.8) is 0 Å². The van der Waals surface area contributed by atoms with Crippen LogP contribution >= 0.6 is 0 Å². The molecule has 47 heavy (non-hydrogen) atoms. The van der Waals surface area contributed by atoms with E-state index in [2.05, 4.69) is 15.4 Å². The van der Waals surface area contributed by atoms with E-state index in [0.29, 0.717) is 0 Å². The lowest BCUT2D eigenvalue weighted by atomic mass is 9.92. The van der Waals surface area contributed by atoms with E-state index < -0.39 is 68.9 Å². The third-order valence-electron chi connectivity index (χ3n) is 7.77. The molecule has 1 fully saturated rings. The van der Waals surface area contributed by atoms with Gasteiger partial charge in [-0.05, 0) is 66.1 Å². The number of benzene rings is 3. The first kappa shape index (κ1) is 34.6. The number of sulfone groups is 1. The molecule has 1 heterocycles. The third-order valence-corrected chi connectivity index (χ3v) is 9.57. The van der Waals surface area contributed by atoms with Gasteiger partial charge in [0.05, 0.1) is 42.4 Å². The highest BCUT2D eigenvalue weighted by atomic mass is 32.2. The molecular weight excluding hydrogens is 642 g/mol. The number of carboxylic acid groups (broad SMARTS) is 1. The highest BCUT2D eigenvalue weighted by molar-refractivity contribution is 7.91. The molecule has 250 valence electrons. The number of likely N-dealkylation sites (tertiary alicyclic amines) is 1. The molecule has 0 saturated carbocycles. The van der Waals surface area contributed by atoms with Crippen LogP contribution in [0.3, 0.4) is 0 Å². The second kappa shape index (κ2) is 14.0. The number of anilines is 2. The van der Waals surface area contributed by atoms with Gasteiger partial charge in [-0.15, -0.1) is 0 Å². The highest BCUT2D eigenvalue weighted by Crippen LogP contribution is 2.43. The van der Waals surface area contributed by atoms with Crippen LogP contribution in [0.2, 0.25) is 0 Å². The van der Waals surface area contributed by atoms with Gasteiger partial charge >= 0.3 is 12.1 Å². The van der Waals surface area contributed by atoms with Gasteiger partial charge in [-0.3, -0.25) is 19.7 Å². The zero-order valence-electron chi connectivity index (χ0n) is 25.5. The number of primary amides is 1. The molecular formula is C31H32F2N4O9S. The van der Waals surface area contributed by atoms with Crippen LogP contribution in [0.5, 0.6) is 5.75 Å². The second-order valence-electron chi connectivity index (χ2n) is 10.5. The lowest BCUT2D eigenvalue weighted by Crippen LogP contribution is -2.40. The molecule has 16 heteroatoms. The van der Waals surface area contributed by atoms with E-state index in [1.807, 2.05) is 0 Å². The molecule has 3 atom stereocenters. The average molecular weight is 675 g/mol. The predicted octanol–water partition coefficient (Wildman–Crippen LogP) is 3.87. The van der Waals surface area contributed by atoms with Crippen molar-refractivity contribution in [2.45, 2.75) is 30.3 Å². The van der Waals surface area contributed by atoms with E-state index in [0.717, 1.165) is 25.3 Å². The third kappa shape index (κ3) is 7.27. The number of ether oxygens (including phenoxy) is 2. The molecule has 1 unspecified atom stereocenters. The van der Waals surface area contributed by atoms with Gasteiger partial charge in [0.15, 0.2) is 21.4 Å². The largest absolute Gasteiger partial charge is 0.494 e. The molecule has 1 aliphatic rings. The van der Waals surface area contributed by atoms with Gasteiger partial charge in [-0.1, -0.05) is 13.0 Å². The van der Waals surface area contributed by atoms with Crippen LogP contribution in [0.4, 0.5) is 25.0 Å². The van der Waals surface area contributed by atoms with Crippen molar-refractivity contribution >= 4 is 45.1 Å². The summed E-state index contributed by atoms with van der Waals surface area (Å²) in [6, 6.07) is 7.83. The molecule has 4 rings (SSSR count). The SMILES string of the molecule is CCS(=O)(=O)c1ccc(NC(=O)OC)cc1[C@H]1[C@@H](C(=O)O)CCN1C(=O)C(Nc1ccc(F)c(C(N)=O)c1)c1ccc(F)c(OC)c1. The van der Waals surface area contributed by atoms with Crippen molar-refractivity contribution in [1.29, 1.82) is 0 Å². The van der Waals surface area contributed by atoms with Crippen molar-refractivity contribution in [3.05, 3.63) is 82.9 Å². The van der Waals surface area contributed by atoms with Crippen LogP contribution in [0.1, 0.15) is 46.9 Å². The fourth-order valence-corrected chi connectivity index (χ4v) is 6.55. The van der Waals surface area contributed by atoms with Crippen molar-refractivity contribution in [3.8, 4) is 5.75 Å². The quantitative estimate of drug-likeness (QED) is 0.232. The zero-order chi connectivity index (χ0) is 34.6. The van der Waals surface area contributed by atoms with E-state index in [1.165, 1.54) is 55.3 Å². The molecule has 3 aromatic rings. The Morgan fingerprint density at radius 2 is 1.70 bits per heavy atom. The summed E-state index contributed by atoms with van der Waals surface area (Å²) < 4.78 is 64.9. The van der Waals surface area contributed by atoms with Crippen LogP contribution in [0, 0.1) is 17.6 Å². The minimum absolute atomic E-state index is 0.0610. The lowest BCUT2D eigenvalue weighted by Gasteiger charge is -2.33. The Labute approximate surface area is 268 Å². The molecule has 3 aromatic carbocycles. The van der Waals surface area contributed by atoms with Gasteiger partial charge in [0.25, 0.3) is 5.91 Å². The van der Waals surface area contributed by atoms with Crippen molar-refractivity contribution in [2.24, 2.45) is 11.7 Å². The molecule has 0 bridgehead atoms. The fraction of sp³-hybridized carbons (Fsp3) is 0.290. The predicted molar refractivity (Wildman–Crippen MR) is 165 cm³/mol. The summed E-state index contributed by atoms with van der Waals surface area (Å²) in [5, 5.41) is 15.5. The Hall–Kier alpha value is -5.25. The van der Waals surface area contributed by atoms with Gasteiger partial charge in [0.2, 0.25) is 5.91 Å². The van der Waals surface area contributed by atoms with Crippen LogP contribution in [-0.4, -0.2) is 68.8 Å². The van der Waals surface area contributed by atoms with Crippen LogP contribution in [0.15, 0.2) is 59.5 Å². The number of hydrogen-bond acceptors (Lipinski definition) is 9. The number of nitrogens with one attached hydrogen (secondary N) is 2. The van der Waals surface area contributed by atoms with Crippen molar-refractivity contribution in [1.82, 2.24) is 4.90 Å². The summed E-state index contributed by atoms with van der Waals surface area (Å²) >= 11 is 0. The number of aliphatic carboxylic acids is 1. The smallest absolute Gasteiger partial charge is 0.411 e. The van der Waals surface area contributed by atoms with Crippen molar-refractivity contribution in [2.75, 3.05) is 37.2 Å². The summed E-state index contributed by atoms with van der Waals surface area (Å²) in [6.07, 6.45) is -0.950. The first-order chi connectivity index (χ1) is 22.2. The molecule has 0 aliphatic carbocycles. The number of halogens is 2. The van der Waals surface area contributed by atoms with E-state index in [-0.39, 0.29) is 51.9 Å². The number of hydrogen-bond donors (Lipinski definition) is 4. The zero-order valence-corrected chi connectivity index (χ0v) is 26.3. The number of carboxylic acids is 1. The number of carbonyl (C=O) groups excluding carboxylic acids is 3. The summed E-state index contributed by atoms with van der Waals surface area (Å²) in [5.41, 5.74) is 5.03. The monoisotopic (exact) mass is 674 g/mol. The second-order valence-corrected chi connectivity index (χ2v) is 12.8. The summed E-state index contributed by atoms with van der Waals surface area (Å²) in [4.78, 5) is 51.8. The Morgan fingerprint density at radius 1 is 1.02 bits per heavy atom. The fourth-order valence-electron chi connectivity index (χ4n) is 5.43. The van der Waals surface area contributed by atoms with Gasteiger partial charge < -0.3 is 30.5 Å². The normalized spacial score (nSPS) is 16.7. The Balaban J connectivity index is 1.90. The van der Waals surface area contributed by atoms with Gasteiger partial charge in [0, 0.05) is 17.9 Å². The molecule has 1 aliphatic heterocycles. The average Bonchev–Trinajstić information content (AvgIpc) is 3.50. The Kier molecular flexibility index (Phi) is 10.3. The molecule has 0 radical (unpaired) electrons. The number of carbonyl (C=O) groups is 4. The Morgan fingerprint density at radius 3 is 2.32 bits per heavy atom. The van der Waals surface area contributed by atoms with Crippen LogP contribution in [0.25, 0.3) is 0 Å². The first-order valence-electron chi connectivity index (χ1n) is 14.2. The van der Waals surface area contributed by atoms with Crippen molar-refractivity contribution < 1.29 is 51.0 Å². The molecule has 0 spiro atoms. The number of nitrogens with zero attached hydrogens (tertiary/aromatic N) is 1. The van der Waals surface area contributed by atoms with Gasteiger partial charge in [0.1, 0.15) is 11.9 Å².